The van der Waals surface area contributed by atoms with Gasteiger partial charge in [0.15, 0.2) is 0 Å². The van der Waals surface area contributed by atoms with Gasteiger partial charge in [0.25, 0.3) is 0 Å². The first-order valence-electron chi connectivity index (χ1n) is 5.00. The molecule has 0 saturated heterocycles. The summed E-state index contributed by atoms with van der Waals surface area (Å²) < 4.78 is 0. The van der Waals surface area contributed by atoms with Crippen LogP contribution in [-0.4, -0.2) is 27.2 Å². The fraction of sp³-hybridized carbons (Fsp3) is 0.600. The first-order chi connectivity index (χ1) is 6.94. The number of anilines is 2. The van der Waals surface area contributed by atoms with Gasteiger partial charge in [-0.05, 0) is 20.3 Å². The Kier molecular flexibility index (Phi) is 3.47. The molecule has 84 valence electrons. The van der Waals surface area contributed by atoms with Gasteiger partial charge in [0.05, 0.1) is 5.60 Å². The normalized spacial score (nSPS) is 14.7. The third kappa shape index (κ3) is 3.36. The van der Waals surface area contributed by atoms with Crippen molar-refractivity contribution < 1.29 is 5.11 Å². The molecular weight excluding hydrogens is 192 g/mol. The Bertz CT molecular complexity index is 338. The standard InChI is InChI=1S/C10H18N4O/c1-4-10(3,15)6-13-8-7(2)5-12-9(11)14-8/h5,15H,4,6H2,1-3H3,(H3,11,12,13,14). The highest BCUT2D eigenvalue weighted by molar-refractivity contribution is 5.45. The fourth-order valence-electron chi connectivity index (χ4n) is 1.03. The molecule has 0 bridgehead atoms. The average Bonchev–Trinajstić information content (AvgIpc) is 2.20. The minimum Gasteiger partial charge on any atom is -0.388 e. The van der Waals surface area contributed by atoms with E-state index in [-0.39, 0.29) is 5.95 Å². The van der Waals surface area contributed by atoms with Crippen LogP contribution in [0.3, 0.4) is 0 Å². The maximum absolute atomic E-state index is 9.81. The zero-order chi connectivity index (χ0) is 11.5. The molecule has 0 aliphatic rings. The van der Waals surface area contributed by atoms with Gasteiger partial charge in [0.2, 0.25) is 5.95 Å². The van der Waals surface area contributed by atoms with Crippen molar-refractivity contribution in [3.63, 3.8) is 0 Å². The molecule has 0 aliphatic carbocycles. The van der Waals surface area contributed by atoms with Crippen LogP contribution in [0.4, 0.5) is 11.8 Å². The van der Waals surface area contributed by atoms with Crippen LogP contribution in [0.15, 0.2) is 6.20 Å². The molecule has 0 aliphatic heterocycles. The van der Waals surface area contributed by atoms with Crippen molar-refractivity contribution in [3.8, 4) is 0 Å². The molecule has 1 aromatic heterocycles. The van der Waals surface area contributed by atoms with E-state index in [9.17, 15) is 5.11 Å². The summed E-state index contributed by atoms with van der Waals surface area (Å²) in [6.07, 6.45) is 2.34. The molecule has 1 rings (SSSR count). The van der Waals surface area contributed by atoms with Gasteiger partial charge >= 0.3 is 0 Å². The first kappa shape index (κ1) is 11.7. The van der Waals surface area contributed by atoms with Crippen LogP contribution in [0.5, 0.6) is 0 Å². The second kappa shape index (κ2) is 4.44. The van der Waals surface area contributed by atoms with E-state index >= 15 is 0 Å². The van der Waals surface area contributed by atoms with Gasteiger partial charge in [-0.3, -0.25) is 0 Å². The summed E-state index contributed by atoms with van der Waals surface area (Å²) in [5.74, 6) is 0.912. The maximum Gasteiger partial charge on any atom is 0.221 e. The van der Waals surface area contributed by atoms with Crippen molar-refractivity contribution in [2.24, 2.45) is 0 Å². The number of nitrogens with zero attached hydrogens (tertiary/aromatic N) is 2. The number of rotatable bonds is 4. The zero-order valence-corrected chi connectivity index (χ0v) is 9.41. The summed E-state index contributed by atoms with van der Waals surface area (Å²) in [5, 5.41) is 12.9. The molecule has 1 heterocycles. The van der Waals surface area contributed by atoms with Gasteiger partial charge in [-0.25, -0.2) is 4.98 Å². The highest BCUT2D eigenvalue weighted by Crippen LogP contribution is 2.14. The minimum absolute atomic E-state index is 0.235. The third-order valence-electron chi connectivity index (χ3n) is 2.39. The van der Waals surface area contributed by atoms with Gasteiger partial charge < -0.3 is 16.2 Å². The van der Waals surface area contributed by atoms with Crippen molar-refractivity contribution in [3.05, 3.63) is 11.8 Å². The third-order valence-corrected chi connectivity index (χ3v) is 2.39. The molecule has 15 heavy (non-hydrogen) atoms. The Hall–Kier alpha value is -1.36. The predicted octanol–water partition coefficient (Wildman–Crippen LogP) is 0.940. The van der Waals surface area contributed by atoms with Crippen LogP contribution in [-0.2, 0) is 0 Å². The summed E-state index contributed by atoms with van der Waals surface area (Å²) in [4.78, 5) is 7.92. The summed E-state index contributed by atoms with van der Waals surface area (Å²) in [7, 11) is 0. The van der Waals surface area contributed by atoms with Crippen LogP contribution >= 0.6 is 0 Å². The molecule has 0 radical (unpaired) electrons. The molecular formula is C10H18N4O. The molecule has 1 unspecified atom stereocenters. The lowest BCUT2D eigenvalue weighted by atomic mass is 10.0. The van der Waals surface area contributed by atoms with E-state index < -0.39 is 5.60 Å². The van der Waals surface area contributed by atoms with Crippen LogP contribution in [0.1, 0.15) is 25.8 Å². The SMILES string of the molecule is CCC(C)(O)CNc1nc(N)ncc1C. The van der Waals surface area contributed by atoms with Crippen LogP contribution < -0.4 is 11.1 Å². The predicted molar refractivity (Wildman–Crippen MR) is 60.6 cm³/mol. The zero-order valence-electron chi connectivity index (χ0n) is 9.41. The highest BCUT2D eigenvalue weighted by atomic mass is 16.3. The van der Waals surface area contributed by atoms with Crippen LogP contribution in [0.25, 0.3) is 0 Å². The topological polar surface area (TPSA) is 84.1 Å². The number of nitrogens with two attached hydrogens (primary N) is 1. The van der Waals surface area contributed by atoms with E-state index in [0.717, 1.165) is 5.56 Å². The van der Waals surface area contributed by atoms with Crippen molar-refractivity contribution in [2.75, 3.05) is 17.6 Å². The number of nitrogen functional groups attached to an aromatic ring is 1. The molecule has 0 saturated carbocycles. The molecule has 0 aromatic carbocycles. The Morgan fingerprint density at radius 2 is 2.27 bits per heavy atom. The monoisotopic (exact) mass is 210 g/mol. The van der Waals surface area contributed by atoms with E-state index in [1.165, 1.54) is 0 Å². The number of aliphatic hydroxyl groups is 1. The van der Waals surface area contributed by atoms with E-state index in [1.54, 1.807) is 13.1 Å². The molecule has 1 aromatic rings. The molecule has 0 fully saturated rings. The summed E-state index contributed by atoms with van der Waals surface area (Å²) in [6, 6.07) is 0. The molecule has 5 nitrogen and oxygen atoms in total. The maximum atomic E-state index is 9.81. The summed E-state index contributed by atoms with van der Waals surface area (Å²) in [6.45, 7) is 6.05. The van der Waals surface area contributed by atoms with Crippen molar-refractivity contribution in [1.29, 1.82) is 0 Å². The van der Waals surface area contributed by atoms with Crippen LogP contribution in [0, 0.1) is 6.92 Å². The Morgan fingerprint density at radius 3 is 2.87 bits per heavy atom. The molecule has 0 amide bonds. The summed E-state index contributed by atoms with van der Waals surface area (Å²) >= 11 is 0. The Labute approximate surface area is 89.7 Å². The number of hydrogen-bond donors (Lipinski definition) is 3. The van der Waals surface area contributed by atoms with Crippen molar-refractivity contribution >= 4 is 11.8 Å². The van der Waals surface area contributed by atoms with Gasteiger partial charge in [-0.2, -0.15) is 4.98 Å². The van der Waals surface area contributed by atoms with E-state index in [0.29, 0.717) is 18.8 Å². The molecule has 1 atom stereocenters. The average molecular weight is 210 g/mol. The van der Waals surface area contributed by atoms with Crippen molar-refractivity contribution in [1.82, 2.24) is 9.97 Å². The second-order valence-corrected chi connectivity index (χ2v) is 3.96. The minimum atomic E-state index is -0.730. The quantitative estimate of drug-likeness (QED) is 0.688. The smallest absolute Gasteiger partial charge is 0.221 e. The van der Waals surface area contributed by atoms with E-state index in [2.05, 4.69) is 15.3 Å². The lowest BCUT2D eigenvalue weighted by Crippen LogP contribution is -2.32. The highest BCUT2D eigenvalue weighted by Gasteiger charge is 2.17. The largest absolute Gasteiger partial charge is 0.388 e. The first-order valence-corrected chi connectivity index (χ1v) is 5.00. The Morgan fingerprint density at radius 1 is 1.60 bits per heavy atom. The number of nitrogens with one attached hydrogen (secondary N) is 1. The van der Waals surface area contributed by atoms with Gasteiger partial charge in [0, 0.05) is 18.3 Å². The van der Waals surface area contributed by atoms with Gasteiger partial charge in [0.1, 0.15) is 5.82 Å². The number of hydrogen-bond acceptors (Lipinski definition) is 5. The lowest BCUT2D eigenvalue weighted by molar-refractivity contribution is 0.0696. The van der Waals surface area contributed by atoms with Crippen molar-refractivity contribution in [2.45, 2.75) is 32.8 Å². The Balaban J connectivity index is 2.69. The second-order valence-electron chi connectivity index (χ2n) is 3.96. The number of aryl methyl sites for hydroxylation is 1. The number of aromatic nitrogens is 2. The molecule has 0 spiro atoms. The van der Waals surface area contributed by atoms with Crippen LogP contribution in [0.2, 0.25) is 0 Å². The van der Waals surface area contributed by atoms with Gasteiger partial charge in [-0.1, -0.05) is 6.92 Å². The molecule has 4 N–H and O–H groups in total. The lowest BCUT2D eigenvalue weighted by Gasteiger charge is -2.22. The summed E-state index contributed by atoms with van der Waals surface area (Å²) in [5.41, 5.74) is 5.66. The fourth-order valence-corrected chi connectivity index (χ4v) is 1.03. The van der Waals surface area contributed by atoms with E-state index in [1.807, 2.05) is 13.8 Å². The van der Waals surface area contributed by atoms with Gasteiger partial charge in [-0.15, -0.1) is 0 Å². The molecule has 5 heteroatoms. The van der Waals surface area contributed by atoms with E-state index in [4.69, 9.17) is 5.73 Å².